The van der Waals surface area contributed by atoms with Crippen LogP contribution in [0.5, 0.6) is 0 Å². The van der Waals surface area contributed by atoms with Crippen molar-refractivity contribution in [1.29, 1.82) is 0 Å². The lowest BCUT2D eigenvalue weighted by atomic mass is 9.98. The van der Waals surface area contributed by atoms with Crippen LogP contribution in [0, 0.1) is 0 Å². The van der Waals surface area contributed by atoms with Crippen molar-refractivity contribution in [1.82, 2.24) is 4.90 Å². The lowest BCUT2D eigenvalue weighted by molar-refractivity contribution is -0.0766. The van der Waals surface area contributed by atoms with Gasteiger partial charge < -0.3 is 10.5 Å². The predicted octanol–water partition coefficient (Wildman–Crippen LogP) is 3.79. The lowest BCUT2D eigenvalue weighted by Gasteiger charge is -2.44. The Balaban J connectivity index is 2.29. The van der Waals surface area contributed by atoms with Gasteiger partial charge in [0, 0.05) is 23.5 Å². The summed E-state index contributed by atoms with van der Waals surface area (Å²) in [5, 5.41) is 0. The van der Waals surface area contributed by atoms with Gasteiger partial charge in [-0.3, -0.25) is 4.90 Å². The number of hydrogen-bond acceptors (Lipinski definition) is 4. The maximum absolute atomic E-state index is 6.46. The number of hydrogen-bond donors (Lipinski definition) is 1. The zero-order valence-electron chi connectivity index (χ0n) is 12.5. The maximum atomic E-state index is 6.46. The highest BCUT2D eigenvalue weighted by atomic mass is 79.9. The number of nitrogens with zero attached hydrogens (tertiary/aromatic N) is 1. The molecule has 20 heavy (non-hydrogen) atoms. The van der Waals surface area contributed by atoms with E-state index in [1.165, 1.54) is 8.66 Å². The molecule has 1 aliphatic rings. The SMILES string of the molecule is CCC(N)C(c1ccc(Br)s1)N1CC(C)OCC1CC. The van der Waals surface area contributed by atoms with Crippen LogP contribution < -0.4 is 5.73 Å². The molecule has 2 N–H and O–H groups in total. The zero-order chi connectivity index (χ0) is 14.7. The third kappa shape index (κ3) is 3.63. The average molecular weight is 361 g/mol. The van der Waals surface area contributed by atoms with E-state index in [1.54, 1.807) is 11.3 Å². The molecule has 2 rings (SSSR count). The van der Waals surface area contributed by atoms with Gasteiger partial charge in [-0.2, -0.15) is 0 Å². The topological polar surface area (TPSA) is 38.5 Å². The van der Waals surface area contributed by atoms with Crippen molar-refractivity contribution < 1.29 is 4.74 Å². The van der Waals surface area contributed by atoms with E-state index in [0.717, 1.165) is 26.0 Å². The van der Waals surface area contributed by atoms with Crippen LogP contribution in [0.2, 0.25) is 0 Å². The molecule has 0 saturated carbocycles. The quantitative estimate of drug-likeness (QED) is 0.867. The van der Waals surface area contributed by atoms with Crippen LogP contribution in [0.15, 0.2) is 15.9 Å². The van der Waals surface area contributed by atoms with Gasteiger partial charge in [0.1, 0.15) is 0 Å². The number of nitrogens with two attached hydrogens (primary N) is 1. The molecule has 1 aliphatic heterocycles. The number of morpholine rings is 1. The standard InChI is InChI=1S/C15H25BrN2OS/c1-4-11-9-19-10(3)8-18(11)15(12(17)5-2)13-6-7-14(16)20-13/h6-7,10-12,15H,4-5,8-9,17H2,1-3H3. The molecule has 0 bridgehead atoms. The third-order valence-electron chi connectivity index (χ3n) is 4.10. The van der Waals surface area contributed by atoms with E-state index < -0.39 is 0 Å². The van der Waals surface area contributed by atoms with Crippen LogP contribution in [-0.2, 0) is 4.74 Å². The van der Waals surface area contributed by atoms with Gasteiger partial charge in [0.05, 0.1) is 22.5 Å². The maximum Gasteiger partial charge on any atom is 0.0702 e. The van der Waals surface area contributed by atoms with Crippen LogP contribution in [0.1, 0.15) is 44.5 Å². The van der Waals surface area contributed by atoms with Gasteiger partial charge in [0.2, 0.25) is 0 Å². The highest BCUT2D eigenvalue weighted by Crippen LogP contribution is 2.36. The molecule has 3 nitrogen and oxygen atoms in total. The minimum Gasteiger partial charge on any atom is -0.376 e. The predicted molar refractivity (Wildman–Crippen MR) is 89.2 cm³/mol. The molecule has 4 atom stereocenters. The molecular weight excluding hydrogens is 336 g/mol. The summed E-state index contributed by atoms with van der Waals surface area (Å²) in [6, 6.07) is 5.27. The van der Waals surface area contributed by atoms with Crippen LogP contribution in [0.3, 0.4) is 0 Å². The fraction of sp³-hybridized carbons (Fsp3) is 0.733. The van der Waals surface area contributed by atoms with E-state index in [2.05, 4.69) is 53.7 Å². The molecule has 4 unspecified atom stereocenters. The first-order valence-corrected chi connectivity index (χ1v) is 9.05. The summed E-state index contributed by atoms with van der Waals surface area (Å²) in [5.41, 5.74) is 6.46. The lowest BCUT2D eigenvalue weighted by Crippen LogP contribution is -2.53. The average Bonchev–Trinajstić information content (AvgIpc) is 2.85. The zero-order valence-corrected chi connectivity index (χ0v) is 14.9. The molecular formula is C15H25BrN2OS. The van der Waals surface area contributed by atoms with Gasteiger partial charge in [-0.15, -0.1) is 11.3 Å². The molecule has 1 aromatic heterocycles. The van der Waals surface area contributed by atoms with Crippen LogP contribution in [0.25, 0.3) is 0 Å². The normalized spacial score (nSPS) is 27.4. The van der Waals surface area contributed by atoms with Gasteiger partial charge in [-0.1, -0.05) is 13.8 Å². The van der Waals surface area contributed by atoms with E-state index >= 15 is 0 Å². The van der Waals surface area contributed by atoms with Crippen molar-refractivity contribution in [3.63, 3.8) is 0 Å². The van der Waals surface area contributed by atoms with E-state index in [4.69, 9.17) is 10.5 Å². The highest BCUT2D eigenvalue weighted by molar-refractivity contribution is 9.11. The number of thiophene rings is 1. The van der Waals surface area contributed by atoms with Gasteiger partial charge in [0.25, 0.3) is 0 Å². The minimum absolute atomic E-state index is 0.167. The monoisotopic (exact) mass is 360 g/mol. The Morgan fingerprint density at radius 3 is 2.80 bits per heavy atom. The Kier molecular flexibility index (Phi) is 6.05. The molecule has 1 saturated heterocycles. The van der Waals surface area contributed by atoms with Gasteiger partial charge in [0.15, 0.2) is 0 Å². The van der Waals surface area contributed by atoms with Gasteiger partial charge in [-0.25, -0.2) is 0 Å². The summed E-state index contributed by atoms with van der Waals surface area (Å²) < 4.78 is 7.00. The van der Waals surface area contributed by atoms with Crippen molar-refractivity contribution in [3.8, 4) is 0 Å². The van der Waals surface area contributed by atoms with E-state index in [0.29, 0.717) is 12.1 Å². The molecule has 5 heteroatoms. The molecule has 0 aromatic carbocycles. The second kappa shape index (κ2) is 7.36. The number of ether oxygens (including phenoxy) is 1. The Labute approximate surface area is 134 Å². The fourth-order valence-electron chi connectivity index (χ4n) is 2.89. The number of halogens is 1. The molecule has 0 radical (unpaired) electrons. The second-order valence-electron chi connectivity index (χ2n) is 5.56. The Hall–Kier alpha value is 0.0600. The van der Waals surface area contributed by atoms with Gasteiger partial charge >= 0.3 is 0 Å². The third-order valence-corrected chi connectivity index (χ3v) is 5.80. The molecule has 1 fully saturated rings. The molecule has 0 aliphatic carbocycles. The van der Waals surface area contributed by atoms with Gasteiger partial charge in [-0.05, 0) is 47.8 Å². The van der Waals surface area contributed by atoms with Crippen molar-refractivity contribution >= 4 is 27.3 Å². The summed E-state index contributed by atoms with van der Waals surface area (Å²) in [5.74, 6) is 0. The first-order valence-electron chi connectivity index (χ1n) is 7.44. The summed E-state index contributed by atoms with van der Waals surface area (Å²) >= 11 is 5.38. The second-order valence-corrected chi connectivity index (χ2v) is 8.06. The summed E-state index contributed by atoms with van der Waals surface area (Å²) in [6.07, 6.45) is 2.38. The highest BCUT2D eigenvalue weighted by Gasteiger charge is 2.35. The molecule has 0 spiro atoms. The fourth-order valence-corrected chi connectivity index (χ4v) is 4.51. The summed E-state index contributed by atoms with van der Waals surface area (Å²) in [6.45, 7) is 8.34. The largest absolute Gasteiger partial charge is 0.376 e. The van der Waals surface area contributed by atoms with Crippen LogP contribution in [-0.4, -0.2) is 36.2 Å². The molecule has 0 amide bonds. The van der Waals surface area contributed by atoms with Crippen molar-refractivity contribution in [2.75, 3.05) is 13.2 Å². The van der Waals surface area contributed by atoms with E-state index in [9.17, 15) is 0 Å². The van der Waals surface area contributed by atoms with Crippen molar-refractivity contribution in [2.45, 2.75) is 57.8 Å². The van der Waals surface area contributed by atoms with E-state index in [1.807, 2.05) is 0 Å². The number of rotatable bonds is 5. The van der Waals surface area contributed by atoms with Crippen LogP contribution in [0.4, 0.5) is 0 Å². The molecule has 1 aromatic rings. The minimum atomic E-state index is 0.167. The first-order chi connectivity index (χ1) is 9.56. The first kappa shape index (κ1) is 16.4. The smallest absolute Gasteiger partial charge is 0.0702 e. The summed E-state index contributed by atoms with van der Waals surface area (Å²) in [7, 11) is 0. The summed E-state index contributed by atoms with van der Waals surface area (Å²) in [4.78, 5) is 3.93. The Bertz CT molecular complexity index is 426. The van der Waals surface area contributed by atoms with E-state index in [-0.39, 0.29) is 12.1 Å². The van der Waals surface area contributed by atoms with Crippen molar-refractivity contribution in [2.24, 2.45) is 5.73 Å². The van der Waals surface area contributed by atoms with Crippen LogP contribution >= 0.6 is 27.3 Å². The van der Waals surface area contributed by atoms with Crippen molar-refractivity contribution in [3.05, 3.63) is 20.8 Å². The molecule has 114 valence electrons. The molecule has 2 heterocycles. The Morgan fingerprint density at radius 2 is 2.25 bits per heavy atom. The Morgan fingerprint density at radius 1 is 1.50 bits per heavy atom.